The topological polar surface area (TPSA) is 167 Å². The van der Waals surface area contributed by atoms with Crippen LogP contribution in [-0.4, -0.2) is 97.4 Å². The molecule has 4 aliphatic heterocycles. The van der Waals surface area contributed by atoms with Crippen molar-refractivity contribution < 1.29 is 67.2 Å². The molecule has 4 fully saturated rings. The van der Waals surface area contributed by atoms with Gasteiger partial charge in [0.25, 0.3) is 0 Å². The van der Waals surface area contributed by atoms with Crippen LogP contribution in [0.4, 0.5) is 0 Å². The first-order chi connectivity index (χ1) is 37.3. The van der Waals surface area contributed by atoms with E-state index >= 15 is 0 Å². The number of hydrogen-bond acceptors (Lipinski definition) is 14. The summed E-state index contributed by atoms with van der Waals surface area (Å²) in [5.41, 5.74) is 3.41. The highest BCUT2D eigenvalue weighted by atomic mass is 16.8. The van der Waals surface area contributed by atoms with Gasteiger partial charge in [0.05, 0.1) is 13.2 Å². The predicted octanol–water partition coefficient (Wildman–Crippen LogP) is 12.0. The van der Waals surface area contributed by atoms with Crippen LogP contribution in [0.3, 0.4) is 0 Å². The zero-order chi connectivity index (χ0) is 53.2. The molecule has 8 rings (SSSR count). The summed E-state index contributed by atoms with van der Waals surface area (Å²) in [7, 11) is 0. The Labute approximate surface area is 450 Å². The van der Waals surface area contributed by atoms with Crippen molar-refractivity contribution in [2.45, 2.75) is 203 Å². The third-order valence-corrected chi connectivity index (χ3v) is 14.3. The number of fused-ring (bicyclic) bond motifs is 2. The molecule has 0 saturated carbocycles. The molecule has 0 aliphatic carbocycles. The van der Waals surface area contributed by atoms with E-state index in [1.807, 2.05) is 121 Å². The molecule has 2 N–H and O–H groups in total. The highest BCUT2D eigenvalue weighted by molar-refractivity contribution is 5.69. The third-order valence-electron chi connectivity index (χ3n) is 14.3. The number of aliphatic hydroxyl groups excluding tert-OH is 2. The maximum absolute atomic E-state index is 12.5. The van der Waals surface area contributed by atoms with E-state index in [4.69, 9.17) is 47.4 Å². The molecule has 416 valence electrons. The van der Waals surface area contributed by atoms with Crippen molar-refractivity contribution in [3.63, 3.8) is 0 Å². The van der Waals surface area contributed by atoms with Crippen LogP contribution in [0.15, 0.2) is 121 Å². The van der Waals surface area contributed by atoms with E-state index in [1.54, 1.807) is 0 Å². The summed E-state index contributed by atoms with van der Waals surface area (Å²) >= 11 is 0. The zero-order valence-corrected chi connectivity index (χ0v) is 44.8. The molecule has 0 bridgehead atoms. The van der Waals surface area contributed by atoms with Crippen LogP contribution in [0.1, 0.15) is 177 Å². The first-order valence-corrected chi connectivity index (χ1v) is 28.3. The average Bonchev–Trinajstić information content (AvgIpc) is 3.48. The van der Waals surface area contributed by atoms with E-state index in [0.29, 0.717) is 19.4 Å². The van der Waals surface area contributed by atoms with Gasteiger partial charge in [0.1, 0.15) is 62.0 Å². The molecule has 14 nitrogen and oxygen atoms in total. The Morgan fingerprint density at radius 3 is 1.08 bits per heavy atom. The van der Waals surface area contributed by atoms with Gasteiger partial charge >= 0.3 is 11.9 Å². The van der Waals surface area contributed by atoms with Crippen LogP contribution >= 0.6 is 0 Å². The van der Waals surface area contributed by atoms with Crippen LogP contribution in [0.2, 0.25) is 0 Å². The lowest BCUT2D eigenvalue weighted by molar-refractivity contribution is -0.373. The number of ether oxygens (including phenoxy) is 10. The summed E-state index contributed by atoms with van der Waals surface area (Å²) < 4.78 is 60.0. The van der Waals surface area contributed by atoms with Crippen molar-refractivity contribution in [3.05, 3.63) is 144 Å². The van der Waals surface area contributed by atoms with Gasteiger partial charge in [-0.15, -0.1) is 0 Å². The summed E-state index contributed by atoms with van der Waals surface area (Å²) in [6.45, 7) is 4.59. The van der Waals surface area contributed by atoms with Gasteiger partial charge in [-0.3, -0.25) is 9.59 Å². The Morgan fingerprint density at radius 1 is 0.421 bits per heavy atom. The fourth-order valence-electron chi connectivity index (χ4n) is 9.95. The smallest absolute Gasteiger partial charge is 0.305 e. The summed E-state index contributed by atoms with van der Waals surface area (Å²) in [6, 6.07) is 38.4. The minimum absolute atomic E-state index is 0.160. The van der Waals surface area contributed by atoms with Crippen LogP contribution in [0.25, 0.3) is 0 Å². The molecule has 4 aliphatic rings. The molecule has 12 unspecified atom stereocenters. The summed E-state index contributed by atoms with van der Waals surface area (Å²) in [5.74, 6) is -0.610. The quantitative estimate of drug-likeness (QED) is 0.0407. The van der Waals surface area contributed by atoms with Gasteiger partial charge < -0.3 is 57.6 Å². The van der Waals surface area contributed by atoms with E-state index in [0.717, 1.165) is 60.8 Å². The molecule has 12 atom stereocenters. The van der Waals surface area contributed by atoms with Gasteiger partial charge in [0.2, 0.25) is 0 Å². The van der Waals surface area contributed by atoms with Crippen molar-refractivity contribution in [3.8, 4) is 0 Å². The number of hydrogen-bond donors (Lipinski definition) is 2. The van der Waals surface area contributed by atoms with Gasteiger partial charge in [-0.25, -0.2) is 0 Å². The predicted molar refractivity (Wildman–Crippen MR) is 286 cm³/mol. The van der Waals surface area contributed by atoms with Gasteiger partial charge in [-0.2, -0.15) is 0 Å². The number of rotatable bonds is 28. The second-order valence-electron chi connectivity index (χ2n) is 20.3. The SMILES string of the molecule is CCCCCC(=O)OCC(O)C1OC(c2ccccc2)OC2COC(c3ccccc3)OC21.CCCCCCCCCCCCCCCC(=O)OCC(O)C1OC(c2ccccc2)OC2COC(c3ccccc3)OC21. The van der Waals surface area contributed by atoms with E-state index in [1.165, 1.54) is 64.2 Å². The van der Waals surface area contributed by atoms with Crippen LogP contribution in [0.5, 0.6) is 0 Å². The molecule has 4 heterocycles. The van der Waals surface area contributed by atoms with Crippen molar-refractivity contribution >= 4 is 11.9 Å². The number of aliphatic hydroxyl groups is 2. The fraction of sp³-hybridized carbons (Fsp3) is 0.581. The first-order valence-electron chi connectivity index (χ1n) is 28.3. The normalized spacial score (nSPS) is 25.9. The summed E-state index contributed by atoms with van der Waals surface area (Å²) in [6.07, 6.45) is 11.5. The van der Waals surface area contributed by atoms with E-state index < -0.39 is 74.0 Å². The molecule has 4 aromatic rings. The van der Waals surface area contributed by atoms with Crippen molar-refractivity contribution in [2.24, 2.45) is 0 Å². The molecule has 0 spiro atoms. The molecule has 0 amide bonds. The number of unbranched alkanes of at least 4 members (excludes halogenated alkanes) is 14. The van der Waals surface area contributed by atoms with Crippen LogP contribution < -0.4 is 0 Å². The van der Waals surface area contributed by atoms with Gasteiger partial charge in [0, 0.05) is 35.1 Å². The third kappa shape index (κ3) is 18.8. The van der Waals surface area contributed by atoms with Gasteiger partial charge in [-0.1, -0.05) is 225 Å². The number of carbonyl (C=O) groups excluding carboxylic acids is 2. The Morgan fingerprint density at radius 2 is 0.724 bits per heavy atom. The average molecular weight is 1050 g/mol. The second-order valence-corrected chi connectivity index (χ2v) is 20.3. The van der Waals surface area contributed by atoms with Crippen LogP contribution in [0, 0.1) is 0 Å². The number of esters is 2. The molecule has 14 heteroatoms. The van der Waals surface area contributed by atoms with Gasteiger partial charge in [0.15, 0.2) is 25.2 Å². The first kappa shape index (κ1) is 59.1. The largest absolute Gasteiger partial charge is 0.463 e. The minimum Gasteiger partial charge on any atom is -0.463 e. The Balaban J connectivity index is 0.000000229. The Kier molecular flexibility index (Phi) is 25.7. The maximum Gasteiger partial charge on any atom is 0.305 e. The molecular formula is C62H84O14. The second kappa shape index (κ2) is 33.0. The molecule has 0 radical (unpaired) electrons. The highest BCUT2D eigenvalue weighted by Gasteiger charge is 2.50. The Hall–Kier alpha value is -4.58. The van der Waals surface area contributed by atoms with E-state index in [9.17, 15) is 19.8 Å². The lowest BCUT2D eigenvalue weighted by atomic mass is 9.99. The van der Waals surface area contributed by atoms with Crippen molar-refractivity contribution in [2.75, 3.05) is 26.4 Å². The monoisotopic (exact) mass is 1050 g/mol. The molecular weight excluding hydrogens is 969 g/mol. The fourth-order valence-corrected chi connectivity index (χ4v) is 9.95. The maximum atomic E-state index is 12.5. The van der Waals surface area contributed by atoms with Crippen LogP contribution in [-0.2, 0) is 57.0 Å². The number of carbonyl (C=O) groups is 2. The summed E-state index contributed by atoms with van der Waals surface area (Å²) in [4.78, 5) is 24.5. The lowest BCUT2D eigenvalue weighted by Gasteiger charge is -2.47. The molecule has 4 aromatic carbocycles. The Bertz CT molecular complexity index is 2190. The van der Waals surface area contributed by atoms with Crippen molar-refractivity contribution in [1.29, 1.82) is 0 Å². The molecule has 76 heavy (non-hydrogen) atoms. The van der Waals surface area contributed by atoms with Crippen molar-refractivity contribution in [1.82, 2.24) is 0 Å². The van der Waals surface area contributed by atoms with E-state index in [2.05, 4.69) is 13.8 Å². The standard InChI is InChI=1S/C36H52O7.C26H32O7/c1-2-3-4-5-6-7-8-9-10-11-12-13-20-25-32(38)39-26-30(37)33-34-31(41-36(42-33)29-23-18-15-19-24-29)27-40-35(43-34)28-21-16-14-17-22-28;1-2-3-6-15-22(28)29-16-20(27)23-24-21(31-26(32-23)19-13-9-5-10-14-19)17-30-25(33-24)18-11-7-4-8-12-18/h14-19,21-24,30-31,33-37H,2-13,20,25-27H2,1H3;4-5,7-14,20-21,23-27H,2-3,6,15-17H2,1H3. The molecule has 0 aromatic heterocycles. The highest BCUT2D eigenvalue weighted by Crippen LogP contribution is 2.41. The van der Waals surface area contributed by atoms with E-state index in [-0.39, 0.29) is 31.8 Å². The lowest BCUT2D eigenvalue weighted by Crippen LogP contribution is -2.58. The summed E-state index contributed by atoms with van der Waals surface area (Å²) in [5, 5.41) is 22.2. The zero-order valence-electron chi connectivity index (χ0n) is 44.8. The molecule has 4 saturated heterocycles. The van der Waals surface area contributed by atoms with Gasteiger partial charge in [-0.05, 0) is 12.8 Å². The minimum atomic E-state index is -1.08. The number of benzene rings is 4.